The maximum atomic E-state index is 14.4. The molecule has 0 aliphatic heterocycles. The first-order valence-electron chi connectivity index (χ1n) is 11.1. The first-order chi connectivity index (χ1) is 16.9. The summed E-state index contributed by atoms with van der Waals surface area (Å²) in [4.78, 5) is 20.4. The van der Waals surface area contributed by atoms with Crippen LogP contribution in [0.25, 0.3) is 22.2 Å². The van der Waals surface area contributed by atoms with Crippen LogP contribution in [0.2, 0.25) is 0 Å². The van der Waals surface area contributed by atoms with E-state index >= 15 is 0 Å². The van der Waals surface area contributed by atoms with Crippen LogP contribution in [0, 0.1) is 11.6 Å². The number of carbonyl (C=O) groups excluding carboxylic acids is 1. The van der Waals surface area contributed by atoms with E-state index < -0.39 is 5.82 Å². The molecule has 0 fully saturated rings. The van der Waals surface area contributed by atoms with Gasteiger partial charge in [-0.3, -0.25) is 4.79 Å². The number of aromatic nitrogens is 3. The number of aliphatic hydroxyl groups excluding tert-OH is 1. The molecule has 0 atom stereocenters. The number of hydrogen-bond acceptors (Lipinski definition) is 6. The van der Waals surface area contributed by atoms with Gasteiger partial charge in [0.1, 0.15) is 23.7 Å². The molecule has 10 heteroatoms. The van der Waals surface area contributed by atoms with Gasteiger partial charge in [-0.2, -0.15) is 0 Å². The topological polar surface area (TPSA) is 101 Å². The van der Waals surface area contributed by atoms with Gasteiger partial charge in [-0.05, 0) is 30.7 Å². The molecule has 2 aromatic carbocycles. The highest BCUT2D eigenvalue weighted by molar-refractivity contribution is 5.96. The van der Waals surface area contributed by atoms with E-state index in [-0.39, 0.29) is 36.2 Å². The van der Waals surface area contributed by atoms with Gasteiger partial charge in [0.25, 0.3) is 0 Å². The number of hydrogen-bond donors (Lipinski definition) is 3. The molecule has 0 spiro atoms. The number of nitrogens with one attached hydrogen (secondary N) is 2. The standard InChI is InChI=1S/C25H25F2N5O3/c1-3-25(34)31-20-11-21(23(35-2)10-18(20)27)30-24-12-19(28-14-29-24)17-13-32(7-4-8-33)22-6-5-15(26)9-16(17)22/h5-6,9-14,33H,3-4,7-8H2,1-2H3,(H,31,34)(H,28,29,30). The van der Waals surface area contributed by atoms with Crippen molar-refractivity contribution in [3.63, 3.8) is 0 Å². The van der Waals surface area contributed by atoms with E-state index in [1.807, 2.05) is 10.8 Å². The Balaban J connectivity index is 1.72. The summed E-state index contributed by atoms with van der Waals surface area (Å²) >= 11 is 0. The molecule has 8 nitrogen and oxygen atoms in total. The minimum absolute atomic E-state index is 0.0110. The van der Waals surface area contributed by atoms with Crippen molar-refractivity contribution in [3.05, 3.63) is 60.6 Å². The van der Waals surface area contributed by atoms with Gasteiger partial charge in [0, 0.05) is 54.4 Å². The molecule has 4 aromatic rings. The molecule has 0 unspecified atom stereocenters. The average Bonchev–Trinajstić information content (AvgIpc) is 3.22. The summed E-state index contributed by atoms with van der Waals surface area (Å²) < 4.78 is 35.7. The molecule has 182 valence electrons. The van der Waals surface area contributed by atoms with Crippen molar-refractivity contribution < 1.29 is 23.4 Å². The second-order valence-electron chi connectivity index (χ2n) is 7.82. The quantitative estimate of drug-likeness (QED) is 0.316. The van der Waals surface area contributed by atoms with E-state index in [4.69, 9.17) is 4.74 Å². The SMILES string of the molecule is CCC(=O)Nc1cc(Nc2cc(-c3cn(CCCO)c4ccc(F)cc34)ncn2)c(OC)cc1F. The summed E-state index contributed by atoms with van der Waals surface area (Å²) in [6.07, 6.45) is 3.99. The van der Waals surface area contributed by atoms with Gasteiger partial charge in [0.15, 0.2) is 5.82 Å². The van der Waals surface area contributed by atoms with Crippen LogP contribution in [0.15, 0.2) is 48.9 Å². The Morgan fingerprint density at radius 1 is 1.14 bits per heavy atom. The largest absolute Gasteiger partial charge is 0.494 e. The van der Waals surface area contributed by atoms with Crippen molar-refractivity contribution in [1.82, 2.24) is 14.5 Å². The molecule has 0 aliphatic rings. The lowest BCUT2D eigenvalue weighted by Crippen LogP contribution is -2.11. The van der Waals surface area contributed by atoms with Gasteiger partial charge in [0.2, 0.25) is 5.91 Å². The Morgan fingerprint density at radius 3 is 2.71 bits per heavy atom. The maximum Gasteiger partial charge on any atom is 0.224 e. The second kappa shape index (κ2) is 10.5. The lowest BCUT2D eigenvalue weighted by Gasteiger charge is -2.14. The Labute approximate surface area is 200 Å². The Hall–Kier alpha value is -4.05. The van der Waals surface area contributed by atoms with Crippen LogP contribution in [-0.2, 0) is 11.3 Å². The van der Waals surface area contributed by atoms with Crippen LogP contribution in [0.1, 0.15) is 19.8 Å². The fourth-order valence-corrected chi connectivity index (χ4v) is 3.77. The maximum absolute atomic E-state index is 14.4. The molecule has 35 heavy (non-hydrogen) atoms. The van der Waals surface area contributed by atoms with E-state index in [1.54, 1.807) is 19.1 Å². The average molecular weight is 482 g/mol. The predicted molar refractivity (Wildman–Crippen MR) is 130 cm³/mol. The molecule has 0 bridgehead atoms. The van der Waals surface area contributed by atoms with Gasteiger partial charge in [-0.1, -0.05) is 6.92 Å². The van der Waals surface area contributed by atoms with E-state index in [9.17, 15) is 18.7 Å². The molecule has 4 rings (SSSR count). The fourth-order valence-electron chi connectivity index (χ4n) is 3.77. The number of amides is 1. The first-order valence-corrected chi connectivity index (χ1v) is 11.1. The highest BCUT2D eigenvalue weighted by Crippen LogP contribution is 2.35. The Bertz CT molecular complexity index is 1370. The molecule has 0 saturated heterocycles. The van der Waals surface area contributed by atoms with Crippen molar-refractivity contribution in [3.8, 4) is 17.0 Å². The highest BCUT2D eigenvalue weighted by Gasteiger charge is 2.16. The number of fused-ring (bicyclic) bond motifs is 1. The summed E-state index contributed by atoms with van der Waals surface area (Å²) in [6.45, 7) is 2.27. The number of aryl methyl sites for hydroxylation is 1. The van der Waals surface area contributed by atoms with Crippen molar-refractivity contribution in [1.29, 1.82) is 0 Å². The third-order valence-electron chi connectivity index (χ3n) is 5.49. The van der Waals surface area contributed by atoms with Crippen molar-refractivity contribution >= 4 is 34.0 Å². The predicted octanol–water partition coefficient (Wildman–Crippen LogP) is 4.86. The van der Waals surface area contributed by atoms with Gasteiger partial charge in [-0.25, -0.2) is 18.7 Å². The van der Waals surface area contributed by atoms with E-state index in [2.05, 4.69) is 20.6 Å². The van der Waals surface area contributed by atoms with E-state index in [1.165, 1.54) is 37.7 Å². The summed E-state index contributed by atoms with van der Waals surface area (Å²) in [7, 11) is 1.41. The van der Waals surface area contributed by atoms with Crippen LogP contribution < -0.4 is 15.4 Å². The smallest absolute Gasteiger partial charge is 0.224 e. The van der Waals surface area contributed by atoms with Gasteiger partial charge in [0.05, 0.1) is 24.2 Å². The summed E-state index contributed by atoms with van der Waals surface area (Å²) in [5.41, 5.74) is 2.46. The summed E-state index contributed by atoms with van der Waals surface area (Å²) in [5, 5.41) is 15.5. The molecule has 0 aliphatic carbocycles. The zero-order valence-electron chi connectivity index (χ0n) is 19.3. The molecule has 2 heterocycles. The highest BCUT2D eigenvalue weighted by atomic mass is 19.1. The number of aliphatic hydroxyl groups is 1. The zero-order valence-corrected chi connectivity index (χ0v) is 19.3. The molecular weight excluding hydrogens is 456 g/mol. The third-order valence-corrected chi connectivity index (χ3v) is 5.49. The van der Waals surface area contributed by atoms with E-state index in [0.29, 0.717) is 41.1 Å². The third kappa shape index (κ3) is 5.22. The molecule has 0 saturated carbocycles. The number of anilines is 3. The number of nitrogens with zero attached hydrogens (tertiary/aromatic N) is 3. The molecule has 1 amide bonds. The van der Waals surface area contributed by atoms with Crippen molar-refractivity contribution in [2.45, 2.75) is 26.3 Å². The number of halogens is 2. The summed E-state index contributed by atoms with van der Waals surface area (Å²) in [5.74, 6) is -0.714. The van der Waals surface area contributed by atoms with Gasteiger partial charge >= 0.3 is 0 Å². The monoisotopic (exact) mass is 481 g/mol. The lowest BCUT2D eigenvalue weighted by molar-refractivity contribution is -0.115. The molecule has 3 N–H and O–H groups in total. The normalized spacial score (nSPS) is 11.0. The number of benzene rings is 2. The number of methoxy groups -OCH3 is 1. The first kappa shape index (κ1) is 24.1. The van der Waals surface area contributed by atoms with Crippen molar-refractivity contribution in [2.24, 2.45) is 0 Å². The number of ether oxygens (including phenoxy) is 1. The Morgan fingerprint density at radius 2 is 1.97 bits per heavy atom. The fraction of sp³-hybridized carbons (Fsp3) is 0.240. The van der Waals surface area contributed by atoms with Crippen LogP contribution in [0.3, 0.4) is 0 Å². The van der Waals surface area contributed by atoms with E-state index in [0.717, 1.165) is 5.52 Å². The number of carbonyl (C=O) groups is 1. The summed E-state index contributed by atoms with van der Waals surface area (Å²) in [6, 6.07) is 8.82. The lowest BCUT2D eigenvalue weighted by atomic mass is 10.1. The molecule has 2 aromatic heterocycles. The van der Waals surface area contributed by atoms with Crippen LogP contribution in [-0.4, -0.2) is 39.3 Å². The number of rotatable bonds is 9. The molecule has 0 radical (unpaired) electrons. The van der Waals surface area contributed by atoms with Gasteiger partial charge in [-0.15, -0.1) is 0 Å². The van der Waals surface area contributed by atoms with Crippen molar-refractivity contribution in [2.75, 3.05) is 24.4 Å². The van der Waals surface area contributed by atoms with Crippen LogP contribution in [0.5, 0.6) is 5.75 Å². The Kier molecular flexibility index (Phi) is 7.21. The van der Waals surface area contributed by atoms with Gasteiger partial charge < -0.3 is 25.0 Å². The minimum Gasteiger partial charge on any atom is -0.494 e. The minimum atomic E-state index is -0.629. The zero-order chi connectivity index (χ0) is 24.9. The van der Waals surface area contributed by atoms with Crippen LogP contribution >= 0.6 is 0 Å². The second-order valence-corrected chi connectivity index (χ2v) is 7.82. The molecular formula is C25H25F2N5O3. The van der Waals surface area contributed by atoms with Crippen LogP contribution in [0.4, 0.5) is 26.0 Å².